The van der Waals surface area contributed by atoms with Crippen LogP contribution in [-0.4, -0.2) is 70.7 Å². The minimum atomic E-state index is -4.51. The molecule has 2 atom stereocenters. The van der Waals surface area contributed by atoms with E-state index in [1.165, 1.54) is 70.6 Å². The van der Waals surface area contributed by atoms with Gasteiger partial charge in [0.2, 0.25) is 0 Å². The molecule has 288 valence electrons. The minimum absolute atomic E-state index is 0.0235. The number of esters is 1. The van der Waals surface area contributed by atoms with Crippen molar-refractivity contribution in [2.24, 2.45) is 0 Å². The van der Waals surface area contributed by atoms with E-state index in [9.17, 15) is 14.3 Å². The maximum absolute atomic E-state index is 12.4. The fourth-order valence-electron chi connectivity index (χ4n) is 5.08. The number of carbonyl (C=O) groups is 1. The van der Waals surface area contributed by atoms with Crippen LogP contribution in [0.2, 0.25) is 0 Å². The second kappa shape index (κ2) is 33.8. The summed E-state index contributed by atoms with van der Waals surface area (Å²) < 4.78 is 34.2. The number of hydrogen-bond donors (Lipinski definition) is 0. The molecule has 0 fully saturated rings. The summed E-state index contributed by atoms with van der Waals surface area (Å²) in [6, 6.07) is 0. The van der Waals surface area contributed by atoms with Gasteiger partial charge >= 0.3 is 5.97 Å². The van der Waals surface area contributed by atoms with Crippen LogP contribution in [0.1, 0.15) is 155 Å². The van der Waals surface area contributed by atoms with Crippen molar-refractivity contribution in [3.8, 4) is 0 Å². The molecule has 8 nitrogen and oxygen atoms in total. The molecule has 0 radical (unpaired) electrons. The van der Waals surface area contributed by atoms with Crippen molar-refractivity contribution in [3.05, 3.63) is 36.5 Å². The molecule has 0 spiro atoms. The van der Waals surface area contributed by atoms with E-state index >= 15 is 0 Å². The van der Waals surface area contributed by atoms with Gasteiger partial charge in [0, 0.05) is 13.0 Å². The summed E-state index contributed by atoms with van der Waals surface area (Å²) in [6.45, 7) is 5.27. The van der Waals surface area contributed by atoms with Crippen LogP contribution in [0.5, 0.6) is 0 Å². The Labute approximate surface area is 302 Å². The number of ether oxygens (including phenoxy) is 2. The van der Waals surface area contributed by atoms with Crippen molar-refractivity contribution in [2.45, 2.75) is 161 Å². The van der Waals surface area contributed by atoms with Gasteiger partial charge < -0.3 is 27.9 Å². The number of phosphoric acid groups is 1. The molecule has 0 aliphatic carbocycles. The molecule has 0 aliphatic rings. The van der Waals surface area contributed by atoms with Crippen molar-refractivity contribution in [3.63, 3.8) is 0 Å². The standard InChI is InChI=1S/C40H76NO7P/c1-6-8-10-12-13-14-15-16-17-18-19-20-21-22-23-24-25-26-27-28-30-32-35-45-37-39(48-40(42)33-31-29-11-9-7-2)38-47-49(43,44)46-36-34-41(3,4)5/h15-16,18-19,21-22,39H,6-14,17,20,23-38H2,1-5H3/b16-15-,19-18-,22-21-. The minimum Gasteiger partial charge on any atom is -0.756 e. The highest BCUT2D eigenvalue weighted by Crippen LogP contribution is 2.38. The van der Waals surface area contributed by atoms with Gasteiger partial charge in [0.25, 0.3) is 7.82 Å². The predicted molar refractivity (Wildman–Crippen MR) is 203 cm³/mol. The maximum atomic E-state index is 12.4. The Hall–Kier alpha value is -1.28. The average Bonchev–Trinajstić information content (AvgIpc) is 3.04. The van der Waals surface area contributed by atoms with Crippen LogP contribution >= 0.6 is 7.82 Å². The van der Waals surface area contributed by atoms with Crippen LogP contribution in [0.4, 0.5) is 0 Å². The summed E-state index contributed by atoms with van der Waals surface area (Å²) >= 11 is 0. The Bertz CT molecular complexity index is 884. The zero-order valence-corrected chi connectivity index (χ0v) is 33.3. The second-order valence-electron chi connectivity index (χ2n) is 14.3. The fourth-order valence-corrected chi connectivity index (χ4v) is 5.81. The first-order valence-corrected chi connectivity index (χ1v) is 21.2. The number of phosphoric ester groups is 1. The number of rotatable bonds is 36. The van der Waals surface area contributed by atoms with Gasteiger partial charge in [-0.3, -0.25) is 9.36 Å². The molecule has 0 bridgehead atoms. The van der Waals surface area contributed by atoms with Crippen LogP contribution in [-0.2, 0) is 27.9 Å². The Kier molecular flexibility index (Phi) is 33.0. The lowest BCUT2D eigenvalue weighted by atomic mass is 10.1. The number of allylic oxidation sites excluding steroid dienone is 6. The molecule has 0 saturated heterocycles. The molecule has 0 aromatic heterocycles. The molecule has 0 N–H and O–H groups in total. The first kappa shape index (κ1) is 47.7. The van der Waals surface area contributed by atoms with Gasteiger partial charge in [-0.15, -0.1) is 0 Å². The topological polar surface area (TPSA) is 94.1 Å². The largest absolute Gasteiger partial charge is 0.756 e. The third-order valence-corrected chi connectivity index (χ3v) is 9.16. The van der Waals surface area contributed by atoms with E-state index in [1.807, 2.05) is 21.1 Å². The van der Waals surface area contributed by atoms with Crippen LogP contribution in [0, 0.1) is 0 Å². The molecule has 9 heteroatoms. The van der Waals surface area contributed by atoms with E-state index < -0.39 is 13.9 Å². The number of quaternary nitrogens is 1. The molecule has 2 unspecified atom stereocenters. The average molecular weight is 714 g/mol. The summed E-state index contributed by atoms with van der Waals surface area (Å²) in [4.78, 5) is 24.7. The highest BCUT2D eigenvalue weighted by atomic mass is 31.2. The Balaban J connectivity index is 4.06. The van der Waals surface area contributed by atoms with E-state index in [0.717, 1.165) is 64.2 Å². The van der Waals surface area contributed by atoms with Crippen LogP contribution in [0.3, 0.4) is 0 Å². The highest BCUT2D eigenvalue weighted by Gasteiger charge is 2.20. The van der Waals surface area contributed by atoms with Gasteiger partial charge in [0.1, 0.15) is 19.3 Å². The van der Waals surface area contributed by atoms with E-state index in [0.29, 0.717) is 24.1 Å². The number of unbranched alkanes of at least 4 members (excludes halogenated alkanes) is 16. The molecular formula is C40H76NO7P. The molecule has 0 heterocycles. The van der Waals surface area contributed by atoms with E-state index in [4.69, 9.17) is 18.5 Å². The molecule has 0 rings (SSSR count). The smallest absolute Gasteiger partial charge is 0.306 e. The lowest BCUT2D eigenvalue weighted by Crippen LogP contribution is -2.37. The maximum Gasteiger partial charge on any atom is 0.306 e. The van der Waals surface area contributed by atoms with Gasteiger partial charge in [-0.05, 0) is 51.4 Å². The molecule has 0 aromatic carbocycles. The van der Waals surface area contributed by atoms with Crippen molar-refractivity contribution in [1.29, 1.82) is 0 Å². The van der Waals surface area contributed by atoms with E-state index in [1.54, 1.807) is 0 Å². The van der Waals surface area contributed by atoms with Crippen LogP contribution in [0.15, 0.2) is 36.5 Å². The second-order valence-corrected chi connectivity index (χ2v) is 15.7. The first-order chi connectivity index (χ1) is 23.6. The summed E-state index contributed by atoms with van der Waals surface area (Å²) in [5, 5.41) is 0. The SMILES string of the molecule is CCCCCCC/C=C\C/C=C\C/C=C\CCCCCCCCCOCC(COP(=O)([O-])OCC[N+](C)(C)C)OC(=O)CCCCCCC. The van der Waals surface area contributed by atoms with E-state index in [-0.39, 0.29) is 25.8 Å². The van der Waals surface area contributed by atoms with Crippen molar-refractivity contribution < 1.29 is 37.3 Å². The Morgan fingerprint density at radius 1 is 0.633 bits per heavy atom. The molecule has 0 saturated carbocycles. The molecular weight excluding hydrogens is 637 g/mol. The molecule has 0 amide bonds. The number of hydrogen-bond acceptors (Lipinski definition) is 7. The molecule has 0 aromatic rings. The third-order valence-electron chi connectivity index (χ3n) is 8.19. The first-order valence-electron chi connectivity index (χ1n) is 19.7. The summed E-state index contributed by atoms with van der Waals surface area (Å²) in [5.41, 5.74) is 0. The molecule has 49 heavy (non-hydrogen) atoms. The van der Waals surface area contributed by atoms with Crippen LogP contribution < -0.4 is 4.89 Å². The van der Waals surface area contributed by atoms with Crippen molar-refractivity contribution in [1.82, 2.24) is 0 Å². The summed E-state index contributed by atoms with van der Waals surface area (Å²) in [7, 11) is 1.34. The fraction of sp³-hybridized carbons (Fsp3) is 0.825. The lowest BCUT2D eigenvalue weighted by molar-refractivity contribution is -0.870. The Morgan fingerprint density at radius 3 is 1.67 bits per heavy atom. The number of carbonyl (C=O) groups excluding carboxylic acids is 1. The van der Waals surface area contributed by atoms with Crippen molar-refractivity contribution in [2.75, 3.05) is 54.1 Å². The van der Waals surface area contributed by atoms with Crippen LogP contribution in [0.25, 0.3) is 0 Å². The predicted octanol–water partition coefficient (Wildman–Crippen LogP) is 10.4. The third kappa shape index (κ3) is 37.8. The van der Waals surface area contributed by atoms with E-state index in [2.05, 4.69) is 50.3 Å². The Morgan fingerprint density at radius 2 is 1.12 bits per heavy atom. The zero-order valence-electron chi connectivity index (χ0n) is 32.4. The quantitative estimate of drug-likeness (QED) is 0.0210. The summed E-state index contributed by atoms with van der Waals surface area (Å²) in [6.07, 6.45) is 37.7. The van der Waals surface area contributed by atoms with Gasteiger partial charge in [-0.2, -0.15) is 0 Å². The number of likely N-dealkylation sites (N-methyl/N-ethyl adjacent to an activating group) is 1. The van der Waals surface area contributed by atoms with Gasteiger partial charge in [0.05, 0.1) is 34.4 Å². The monoisotopic (exact) mass is 714 g/mol. The van der Waals surface area contributed by atoms with Gasteiger partial charge in [-0.25, -0.2) is 0 Å². The van der Waals surface area contributed by atoms with Gasteiger partial charge in [0.15, 0.2) is 0 Å². The lowest BCUT2D eigenvalue weighted by Gasteiger charge is -2.28. The number of nitrogens with zero attached hydrogens (tertiary/aromatic N) is 1. The van der Waals surface area contributed by atoms with Crippen molar-refractivity contribution >= 4 is 13.8 Å². The normalized spacial score (nSPS) is 14.3. The summed E-state index contributed by atoms with van der Waals surface area (Å²) in [5.74, 6) is -0.352. The van der Waals surface area contributed by atoms with Gasteiger partial charge in [-0.1, -0.05) is 134 Å². The zero-order chi connectivity index (χ0) is 36.3. The molecule has 0 aliphatic heterocycles. The highest BCUT2D eigenvalue weighted by molar-refractivity contribution is 7.45.